The lowest BCUT2D eigenvalue weighted by atomic mass is 10.0. The molecule has 0 aliphatic heterocycles. The van der Waals surface area contributed by atoms with Crippen LogP contribution in [0.15, 0.2) is 46.9 Å². The smallest absolute Gasteiger partial charge is 0.326 e. The lowest BCUT2D eigenvalue weighted by Crippen LogP contribution is -2.52. The van der Waals surface area contributed by atoms with Gasteiger partial charge < -0.3 is 15.7 Å². The van der Waals surface area contributed by atoms with Gasteiger partial charge >= 0.3 is 5.97 Å². The van der Waals surface area contributed by atoms with Gasteiger partial charge in [-0.15, -0.1) is 0 Å². The first-order valence-electron chi connectivity index (χ1n) is 8.64. The zero-order valence-electron chi connectivity index (χ0n) is 15.4. The van der Waals surface area contributed by atoms with E-state index in [1.165, 1.54) is 31.2 Å². The van der Waals surface area contributed by atoms with E-state index < -0.39 is 35.7 Å². The van der Waals surface area contributed by atoms with Crippen molar-refractivity contribution < 1.29 is 23.9 Å². The molecule has 2 amide bonds. The summed E-state index contributed by atoms with van der Waals surface area (Å²) in [4.78, 5) is 35.9. The number of carboxylic acids is 1. The van der Waals surface area contributed by atoms with Gasteiger partial charge in [0.1, 0.15) is 17.9 Å². The first-order valence-corrected chi connectivity index (χ1v) is 9.81. The van der Waals surface area contributed by atoms with Crippen LogP contribution in [0.1, 0.15) is 18.1 Å². The minimum Gasteiger partial charge on any atom is -0.480 e. The zero-order valence-corrected chi connectivity index (χ0v) is 17.8. The standard InChI is InChI=1S/C20H19BrClFN2O4/c1-11(26)24-17(8-12-2-5-15(23)6-3-12)19(27)25-18(20(28)29)10-13-9-14(22)4-7-16(13)21/h2-7,9,17-18H,8,10H2,1H3,(H,24,26)(H,25,27)(H,28,29)/t17-,18-/m1/s1. The van der Waals surface area contributed by atoms with Crippen LogP contribution in [0, 0.1) is 5.82 Å². The highest BCUT2D eigenvalue weighted by Crippen LogP contribution is 2.22. The van der Waals surface area contributed by atoms with E-state index in [1.54, 1.807) is 18.2 Å². The number of benzene rings is 2. The number of carboxylic acid groups (broad SMARTS) is 1. The van der Waals surface area contributed by atoms with Crippen molar-refractivity contribution in [2.24, 2.45) is 0 Å². The van der Waals surface area contributed by atoms with Gasteiger partial charge in [-0.25, -0.2) is 9.18 Å². The normalized spacial score (nSPS) is 12.7. The summed E-state index contributed by atoms with van der Waals surface area (Å²) in [6.45, 7) is 1.25. The lowest BCUT2D eigenvalue weighted by Gasteiger charge is -2.21. The molecule has 0 fully saturated rings. The van der Waals surface area contributed by atoms with Crippen molar-refractivity contribution in [3.05, 3.63) is 68.9 Å². The van der Waals surface area contributed by atoms with E-state index >= 15 is 0 Å². The van der Waals surface area contributed by atoms with Crippen LogP contribution < -0.4 is 10.6 Å². The van der Waals surface area contributed by atoms with Gasteiger partial charge in [0.2, 0.25) is 11.8 Å². The minimum atomic E-state index is -1.23. The topological polar surface area (TPSA) is 95.5 Å². The number of hydrogen-bond acceptors (Lipinski definition) is 3. The van der Waals surface area contributed by atoms with Crippen LogP contribution in [0.2, 0.25) is 5.02 Å². The molecule has 0 heterocycles. The van der Waals surface area contributed by atoms with E-state index in [0.717, 1.165) is 0 Å². The fourth-order valence-electron chi connectivity index (χ4n) is 2.70. The molecular formula is C20H19BrClFN2O4. The number of amides is 2. The van der Waals surface area contributed by atoms with Crippen LogP contribution in [0.3, 0.4) is 0 Å². The number of aliphatic carboxylic acids is 1. The van der Waals surface area contributed by atoms with E-state index in [0.29, 0.717) is 20.6 Å². The zero-order chi connectivity index (χ0) is 21.6. The van der Waals surface area contributed by atoms with Crippen molar-refractivity contribution in [1.82, 2.24) is 10.6 Å². The van der Waals surface area contributed by atoms with Crippen molar-refractivity contribution in [3.8, 4) is 0 Å². The Balaban J connectivity index is 2.16. The molecule has 0 spiro atoms. The molecule has 2 aromatic rings. The van der Waals surface area contributed by atoms with E-state index in [9.17, 15) is 23.9 Å². The molecule has 0 unspecified atom stereocenters. The van der Waals surface area contributed by atoms with Crippen LogP contribution in [-0.4, -0.2) is 35.0 Å². The van der Waals surface area contributed by atoms with Crippen molar-refractivity contribution in [2.45, 2.75) is 31.8 Å². The predicted octanol–water partition coefficient (Wildman–Crippen LogP) is 3.10. The third-order valence-corrected chi connectivity index (χ3v) is 5.10. The second-order valence-electron chi connectivity index (χ2n) is 6.42. The van der Waals surface area contributed by atoms with Gasteiger partial charge in [-0.3, -0.25) is 9.59 Å². The molecule has 2 aromatic carbocycles. The summed E-state index contributed by atoms with van der Waals surface area (Å²) >= 11 is 9.30. The maximum absolute atomic E-state index is 13.1. The molecule has 0 aromatic heterocycles. The fourth-order valence-corrected chi connectivity index (χ4v) is 3.31. The number of rotatable bonds is 8. The Morgan fingerprint density at radius 3 is 2.31 bits per heavy atom. The molecule has 2 rings (SSSR count). The highest BCUT2D eigenvalue weighted by molar-refractivity contribution is 9.10. The Hall–Kier alpha value is -2.45. The first kappa shape index (κ1) is 22.8. The number of hydrogen-bond donors (Lipinski definition) is 3. The molecule has 29 heavy (non-hydrogen) atoms. The molecule has 3 N–H and O–H groups in total. The molecule has 9 heteroatoms. The number of carbonyl (C=O) groups excluding carboxylic acids is 2. The maximum Gasteiger partial charge on any atom is 0.326 e. The summed E-state index contributed by atoms with van der Waals surface area (Å²) in [6, 6.07) is 8.18. The second-order valence-corrected chi connectivity index (χ2v) is 7.71. The van der Waals surface area contributed by atoms with Crippen molar-refractivity contribution in [3.63, 3.8) is 0 Å². The number of carbonyl (C=O) groups is 3. The summed E-state index contributed by atoms with van der Waals surface area (Å²) in [5.74, 6) is -2.76. The summed E-state index contributed by atoms with van der Waals surface area (Å²) in [5, 5.41) is 14.9. The maximum atomic E-state index is 13.1. The largest absolute Gasteiger partial charge is 0.480 e. The van der Waals surface area contributed by atoms with Crippen molar-refractivity contribution in [1.29, 1.82) is 0 Å². The highest BCUT2D eigenvalue weighted by Gasteiger charge is 2.27. The van der Waals surface area contributed by atoms with E-state index in [4.69, 9.17) is 11.6 Å². The van der Waals surface area contributed by atoms with E-state index in [1.807, 2.05) is 0 Å². The molecule has 0 saturated heterocycles. The number of halogens is 3. The lowest BCUT2D eigenvalue weighted by molar-refractivity contribution is -0.142. The second kappa shape index (κ2) is 10.4. The summed E-state index contributed by atoms with van der Waals surface area (Å²) in [7, 11) is 0. The Bertz CT molecular complexity index is 908. The third kappa shape index (κ3) is 7.14. The first-order chi connectivity index (χ1) is 13.7. The average Bonchev–Trinajstić information content (AvgIpc) is 2.64. The van der Waals surface area contributed by atoms with Crippen molar-refractivity contribution >= 4 is 45.3 Å². The van der Waals surface area contributed by atoms with Crippen LogP contribution >= 0.6 is 27.5 Å². The monoisotopic (exact) mass is 484 g/mol. The fraction of sp³-hybridized carbons (Fsp3) is 0.250. The molecule has 2 atom stereocenters. The minimum absolute atomic E-state index is 0.00838. The van der Waals surface area contributed by atoms with Gasteiger partial charge in [-0.1, -0.05) is 39.7 Å². The van der Waals surface area contributed by atoms with Crippen LogP contribution in [-0.2, 0) is 27.2 Å². The molecule has 0 radical (unpaired) electrons. The Morgan fingerprint density at radius 1 is 1.07 bits per heavy atom. The molecule has 0 saturated carbocycles. The summed E-state index contributed by atoms with van der Waals surface area (Å²) < 4.78 is 13.8. The summed E-state index contributed by atoms with van der Waals surface area (Å²) in [6.07, 6.45) is 0.0739. The highest BCUT2D eigenvalue weighted by atomic mass is 79.9. The summed E-state index contributed by atoms with van der Waals surface area (Å²) in [5.41, 5.74) is 1.23. The van der Waals surface area contributed by atoms with Crippen LogP contribution in [0.5, 0.6) is 0 Å². The Kier molecular flexibility index (Phi) is 8.16. The molecule has 0 bridgehead atoms. The van der Waals surface area contributed by atoms with E-state index in [2.05, 4.69) is 26.6 Å². The molecule has 6 nitrogen and oxygen atoms in total. The Labute approximate surface area is 180 Å². The molecular weight excluding hydrogens is 467 g/mol. The SMILES string of the molecule is CC(=O)N[C@H](Cc1ccc(F)cc1)C(=O)N[C@H](Cc1cc(Cl)ccc1Br)C(=O)O. The van der Waals surface area contributed by atoms with Gasteiger partial charge in [-0.2, -0.15) is 0 Å². The van der Waals surface area contributed by atoms with Crippen LogP contribution in [0.4, 0.5) is 4.39 Å². The van der Waals surface area contributed by atoms with E-state index in [-0.39, 0.29) is 12.8 Å². The molecule has 0 aliphatic carbocycles. The van der Waals surface area contributed by atoms with Crippen LogP contribution in [0.25, 0.3) is 0 Å². The molecule has 0 aliphatic rings. The van der Waals surface area contributed by atoms with Gasteiger partial charge in [0, 0.05) is 29.3 Å². The van der Waals surface area contributed by atoms with Gasteiger partial charge in [-0.05, 0) is 41.5 Å². The van der Waals surface area contributed by atoms with Gasteiger partial charge in [0.05, 0.1) is 0 Å². The Morgan fingerprint density at radius 2 is 1.72 bits per heavy atom. The molecule has 154 valence electrons. The number of nitrogens with one attached hydrogen (secondary N) is 2. The predicted molar refractivity (Wildman–Crippen MR) is 110 cm³/mol. The van der Waals surface area contributed by atoms with Gasteiger partial charge in [0.15, 0.2) is 0 Å². The quantitative estimate of drug-likeness (QED) is 0.535. The van der Waals surface area contributed by atoms with Crippen molar-refractivity contribution in [2.75, 3.05) is 0 Å². The van der Waals surface area contributed by atoms with Gasteiger partial charge in [0.25, 0.3) is 0 Å². The average molecular weight is 486 g/mol. The third-order valence-electron chi connectivity index (χ3n) is 4.09.